The number of likely N-dealkylation sites (tertiary alicyclic amines) is 1. The molecule has 0 bridgehead atoms. The van der Waals surface area contributed by atoms with Crippen LogP contribution in [-0.2, 0) is 11.8 Å². The van der Waals surface area contributed by atoms with Gasteiger partial charge in [0.05, 0.1) is 17.1 Å². The van der Waals surface area contributed by atoms with E-state index in [9.17, 15) is 9.59 Å². The maximum absolute atomic E-state index is 12.6. The summed E-state index contributed by atoms with van der Waals surface area (Å²) in [6.07, 6.45) is 8.89. The molecule has 6 nitrogen and oxygen atoms in total. The number of nitrogens with zero attached hydrogens (tertiary/aromatic N) is 3. The van der Waals surface area contributed by atoms with E-state index in [0.29, 0.717) is 4.88 Å². The molecule has 7 heteroatoms. The number of carbonyl (C=O) groups is 2. The summed E-state index contributed by atoms with van der Waals surface area (Å²) >= 11 is 1.48. The Hall–Kier alpha value is -2.41. The molecule has 0 radical (unpaired) electrons. The minimum absolute atomic E-state index is 0.00191. The number of nitrogens with one attached hydrogen (secondary N) is 1. The summed E-state index contributed by atoms with van der Waals surface area (Å²) in [7, 11) is 1.85. The smallest absolute Gasteiger partial charge is 0.261 e. The van der Waals surface area contributed by atoms with Gasteiger partial charge in [-0.25, -0.2) is 0 Å². The first-order valence-electron chi connectivity index (χ1n) is 8.82. The molecule has 0 unspecified atom stereocenters. The van der Waals surface area contributed by atoms with Crippen molar-refractivity contribution in [2.24, 2.45) is 7.05 Å². The fourth-order valence-electron chi connectivity index (χ4n) is 3.10. The number of amides is 2. The average molecular weight is 372 g/mol. The summed E-state index contributed by atoms with van der Waals surface area (Å²) < 4.78 is 1.71. The minimum atomic E-state index is -0.0522. The fourth-order valence-corrected chi connectivity index (χ4v) is 4.16. The molecular formula is C19H24N4O2S. The van der Waals surface area contributed by atoms with E-state index in [-0.39, 0.29) is 23.9 Å². The Kier molecular flexibility index (Phi) is 5.56. The average Bonchev–Trinajstić information content (AvgIpc) is 3.31. The molecule has 2 aromatic heterocycles. The van der Waals surface area contributed by atoms with Gasteiger partial charge in [-0.2, -0.15) is 5.10 Å². The molecule has 138 valence electrons. The van der Waals surface area contributed by atoms with Crippen molar-refractivity contribution in [1.82, 2.24) is 20.0 Å². The van der Waals surface area contributed by atoms with E-state index >= 15 is 0 Å². The van der Waals surface area contributed by atoms with Crippen LogP contribution in [0.5, 0.6) is 0 Å². The van der Waals surface area contributed by atoms with Gasteiger partial charge in [0.15, 0.2) is 0 Å². The van der Waals surface area contributed by atoms with Crippen molar-refractivity contribution in [3.8, 4) is 0 Å². The molecule has 1 atom stereocenters. The van der Waals surface area contributed by atoms with Crippen LogP contribution in [0.25, 0.3) is 6.08 Å². The van der Waals surface area contributed by atoms with Crippen molar-refractivity contribution in [3.63, 3.8) is 0 Å². The monoisotopic (exact) mass is 372 g/mol. The Labute approximate surface area is 157 Å². The van der Waals surface area contributed by atoms with Gasteiger partial charge >= 0.3 is 0 Å². The Morgan fingerprint density at radius 3 is 2.88 bits per heavy atom. The van der Waals surface area contributed by atoms with E-state index < -0.39 is 0 Å². The third-order valence-electron chi connectivity index (χ3n) is 4.28. The van der Waals surface area contributed by atoms with Crippen LogP contribution in [-0.4, -0.2) is 39.1 Å². The first kappa shape index (κ1) is 18.4. The van der Waals surface area contributed by atoms with Crippen molar-refractivity contribution in [2.45, 2.75) is 38.8 Å². The van der Waals surface area contributed by atoms with Crippen molar-refractivity contribution in [3.05, 3.63) is 45.9 Å². The summed E-state index contributed by atoms with van der Waals surface area (Å²) in [5, 5.41) is 7.01. The molecule has 1 saturated heterocycles. The van der Waals surface area contributed by atoms with Crippen LogP contribution in [0, 0.1) is 0 Å². The van der Waals surface area contributed by atoms with Crippen LogP contribution in [0.3, 0.4) is 0 Å². The highest BCUT2D eigenvalue weighted by molar-refractivity contribution is 7.14. The van der Waals surface area contributed by atoms with Gasteiger partial charge in [0.25, 0.3) is 5.91 Å². The minimum Gasteiger partial charge on any atom is -0.349 e. The Morgan fingerprint density at radius 2 is 2.19 bits per heavy atom. The van der Waals surface area contributed by atoms with Crippen LogP contribution >= 0.6 is 11.3 Å². The lowest BCUT2D eigenvalue weighted by Gasteiger charge is -2.22. The number of rotatable bonds is 5. The molecule has 1 aliphatic rings. The van der Waals surface area contributed by atoms with Crippen LogP contribution in [0.1, 0.15) is 52.8 Å². The molecule has 1 N–H and O–H groups in total. The molecule has 0 aromatic carbocycles. The molecule has 26 heavy (non-hydrogen) atoms. The summed E-state index contributed by atoms with van der Waals surface area (Å²) in [6.45, 7) is 4.63. The van der Waals surface area contributed by atoms with E-state index in [4.69, 9.17) is 0 Å². The number of aromatic nitrogens is 2. The number of aryl methyl sites for hydroxylation is 1. The molecule has 0 saturated carbocycles. The Morgan fingerprint density at radius 1 is 1.38 bits per heavy atom. The van der Waals surface area contributed by atoms with Crippen LogP contribution in [0.4, 0.5) is 0 Å². The lowest BCUT2D eigenvalue weighted by Crippen LogP contribution is -2.29. The lowest BCUT2D eigenvalue weighted by atomic mass is 10.2. The molecule has 2 aromatic rings. The normalized spacial score (nSPS) is 17.4. The molecule has 3 rings (SSSR count). The molecule has 2 amide bonds. The van der Waals surface area contributed by atoms with Crippen molar-refractivity contribution in [1.29, 1.82) is 0 Å². The zero-order valence-corrected chi connectivity index (χ0v) is 16.1. The number of hydrogen-bond acceptors (Lipinski definition) is 4. The van der Waals surface area contributed by atoms with E-state index in [2.05, 4.69) is 10.4 Å². The molecule has 1 fully saturated rings. The Balaban J connectivity index is 1.70. The van der Waals surface area contributed by atoms with E-state index in [0.717, 1.165) is 29.8 Å². The van der Waals surface area contributed by atoms with Crippen LogP contribution < -0.4 is 5.32 Å². The van der Waals surface area contributed by atoms with E-state index in [1.54, 1.807) is 23.0 Å². The van der Waals surface area contributed by atoms with Gasteiger partial charge in [-0.15, -0.1) is 11.3 Å². The largest absolute Gasteiger partial charge is 0.349 e. The third kappa shape index (κ3) is 4.22. The van der Waals surface area contributed by atoms with Crippen molar-refractivity contribution >= 4 is 29.2 Å². The molecular weight excluding hydrogens is 348 g/mol. The van der Waals surface area contributed by atoms with E-state index in [1.807, 2.05) is 44.1 Å². The van der Waals surface area contributed by atoms with Gasteiger partial charge in [0.2, 0.25) is 5.91 Å². The summed E-state index contributed by atoms with van der Waals surface area (Å²) in [5.41, 5.74) is 0.903. The highest BCUT2D eigenvalue weighted by Crippen LogP contribution is 2.36. The van der Waals surface area contributed by atoms with Crippen molar-refractivity contribution < 1.29 is 9.59 Å². The maximum Gasteiger partial charge on any atom is 0.261 e. The van der Waals surface area contributed by atoms with Gasteiger partial charge in [0.1, 0.15) is 0 Å². The summed E-state index contributed by atoms with van der Waals surface area (Å²) in [5.74, 6) is -0.0541. The van der Waals surface area contributed by atoms with Crippen LogP contribution in [0.2, 0.25) is 0 Å². The van der Waals surface area contributed by atoms with Gasteiger partial charge in [-0.1, -0.05) is 0 Å². The highest BCUT2D eigenvalue weighted by atomic mass is 32.1. The SMILES string of the molecule is CC(C)NC(=O)c1ccc([C@@H]2CCCN2C(=O)/C=C/c2cnn(C)c2)s1. The second-order valence-corrected chi connectivity index (χ2v) is 7.92. The number of hydrogen-bond donors (Lipinski definition) is 1. The summed E-state index contributed by atoms with van der Waals surface area (Å²) in [4.78, 5) is 28.4. The maximum atomic E-state index is 12.6. The Bertz CT molecular complexity index is 821. The molecule has 0 aliphatic carbocycles. The first-order chi connectivity index (χ1) is 12.4. The zero-order valence-electron chi connectivity index (χ0n) is 15.3. The van der Waals surface area contributed by atoms with Gasteiger partial charge in [0, 0.05) is 42.3 Å². The molecule has 1 aliphatic heterocycles. The second kappa shape index (κ2) is 7.86. The molecule has 3 heterocycles. The van der Waals surface area contributed by atoms with Crippen molar-refractivity contribution in [2.75, 3.05) is 6.54 Å². The van der Waals surface area contributed by atoms with Gasteiger partial charge in [-0.05, 0) is 44.9 Å². The summed E-state index contributed by atoms with van der Waals surface area (Å²) in [6, 6.07) is 3.98. The topological polar surface area (TPSA) is 67.2 Å². The number of carbonyl (C=O) groups excluding carboxylic acids is 2. The quantitative estimate of drug-likeness (QED) is 0.821. The third-order valence-corrected chi connectivity index (χ3v) is 5.46. The molecule has 0 spiro atoms. The van der Waals surface area contributed by atoms with E-state index in [1.165, 1.54) is 11.3 Å². The predicted octanol–water partition coefficient (Wildman–Crippen LogP) is 3.00. The standard InChI is InChI=1S/C19H24N4O2S/c1-13(2)21-19(25)17-8-7-16(26-17)15-5-4-10-23(15)18(24)9-6-14-11-20-22(3)12-14/h6-9,11-13,15H,4-5,10H2,1-3H3,(H,21,25)/b9-6+/t15-/m0/s1. The highest BCUT2D eigenvalue weighted by Gasteiger charge is 2.30. The van der Waals surface area contributed by atoms with Gasteiger partial charge < -0.3 is 10.2 Å². The van der Waals surface area contributed by atoms with Crippen LogP contribution in [0.15, 0.2) is 30.6 Å². The fraction of sp³-hybridized carbons (Fsp3) is 0.421. The first-order valence-corrected chi connectivity index (χ1v) is 9.63. The predicted molar refractivity (Wildman–Crippen MR) is 103 cm³/mol. The lowest BCUT2D eigenvalue weighted by molar-refractivity contribution is -0.126. The zero-order chi connectivity index (χ0) is 18.7. The number of thiophene rings is 1. The second-order valence-electron chi connectivity index (χ2n) is 6.80. The van der Waals surface area contributed by atoms with Gasteiger partial charge in [-0.3, -0.25) is 14.3 Å².